The van der Waals surface area contributed by atoms with Gasteiger partial charge < -0.3 is 21.5 Å². The molecule has 0 fully saturated rings. The lowest BCUT2D eigenvalue weighted by Gasteiger charge is -2.34. The van der Waals surface area contributed by atoms with Gasteiger partial charge in [-0.25, -0.2) is 0 Å². The molecule has 0 bridgehead atoms. The number of nitrogens with zero attached hydrogens (tertiary/aromatic N) is 1. The molecule has 0 aliphatic heterocycles. The third-order valence-electron chi connectivity index (χ3n) is 5.23. The Morgan fingerprint density at radius 2 is 0.875 bits per heavy atom. The third kappa shape index (κ3) is 17.5. The number of hydrogen-bond donors (Lipinski definition) is 0. The number of rotatable bonds is 18. The van der Waals surface area contributed by atoms with E-state index in [-0.39, 0.29) is 17.0 Å². The number of halogens is 2. The van der Waals surface area contributed by atoms with Gasteiger partial charge in [-0.1, -0.05) is 78.1 Å². The second-order valence-electron chi connectivity index (χ2n) is 7.72. The summed E-state index contributed by atoms with van der Waals surface area (Å²) in [6.45, 7) is 8.39. The van der Waals surface area contributed by atoms with Gasteiger partial charge in [-0.2, -0.15) is 0 Å². The van der Waals surface area contributed by atoms with Crippen LogP contribution in [0.15, 0.2) is 0 Å². The highest BCUT2D eigenvalue weighted by Crippen LogP contribution is 2.14. The first kappa shape index (κ1) is 27.0. The summed E-state index contributed by atoms with van der Waals surface area (Å²) in [5, 5.41) is 0. The molecule has 0 radical (unpaired) electrons. The molecule has 0 aromatic heterocycles. The van der Waals surface area contributed by atoms with Crippen molar-refractivity contribution in [2.24, 2.45) is 0 Å². The van der Waals surface area contributed by atoms with Crippen LogP contribution in [0.25, 0.3) is 0 Å². The highest BCUT2D eigenvalue weighted by molar-refractivity contribution is 6.17. The van der Waals surface area contributed by atoms with E-state index >= 15 is 0 Å². The molecule has 0 aliphatic rings. The molecule has 0 spiro atoms. The molecule has 3 heteroatoms. The van der Waals surface area contributed by atoms with Crippen LogP contribution >= 0.6 is 11.6 Å². The molecule has 0 atom stereocenters. The van der Waals surface area contributed by atoms with Gasteiger partial charge in [-0.3, -0.25) is 0 Å². The third-order valence-corrected chi connectivity index (χ3v) is 5.40. The topological polar surface area (TPSA) is 0 Å². The molecule has 0 aliphatic carbocycles. The van der Waals surface area contributed by atoms with Crippen LogP contribution in [0.4, 0.5) is 0 Å². The Hall–Kier alpha value is 0.730. The molecule has 0 N–H and O–H groups in total. The first-order valence-electron chi connectivity index (χ1n) is 10.6. The Balaban J connectivity index is 0. The molecule has 0 unspecified atom stereocenters. The van der Waals surface area contributed by atoms with Gasteiger partial charge in [0.05, 0.1) is 32.6 Å². The average Bonchev–Trinajstić information content (AvgIpc) is 2.53. The standard InChI is InChI=1S/C21H45ClN.BrH/c1-4-6-8-10-12-14-16-19-23(3,21-18-22)20-17-15-13-11-9-7-5-2;/h4-21H2,1-3H3;1H/q+1;/p-1. The number of quaternary nitrogens is 1. The normalized spacial score (nSPS) is 11.5. The van der Waals surface area contributed by atoms with Crippen LogP contribution in [0.2, 0.25) is 0 Å². The minimum atomic E-state index is 0. The molecular weight excluding hydrogens is 382 g/mol. The van der Waals surface area contributed by atoms with Gasteiger partial charge in [0.15, 0.2) is 0 Å². The van der Waals surface area contributed by atoms with Crippen molar-refractivity contribution in [3.05, 3.63) is 0 Å². The van der Waals surface area contributed by atoms with Gasteiger partial charge in [0.2, 0.25) is 0 Å². The van der Waals surface area contributed by atoms with E-state index in [1.54, 1.807) is 0 Å². The maximum absolute atomic E-state index is 6.06. The van der Waals surface area contributed by atoms with Crippen molar-refractivity contribution in [3.63, 3.8) is 0 Å². The first-order valence-corrected chi connectivity index (χ1v) is 11.1. The molecule has 0 rings (SSSR count). The van der Waals surface area contributed by atoms with Crippen LogP contribution in [-0.2, 0) is 0 Å². The summed E-state index contributed by atoms with van der Waals surface area (Å²) in [4.78, 5) is 0. The summed E-state index contributed by atoms with van der Waals surface area (Å²) >= 11 is 6.06. The second kappa shape index (κ2) is 20.0. The van der Waals surface area contributed by atoms with Crippen molar-refractivity contribution in [1.29, 1.82) is 0 Å². The second-order valence-corrected chi connectivity index (χ2v) is 8.10. The predicted molar refractivity (Wildman–Crippen MR) is 107 cm³/mol. The van der Waals surface area contributed by atoms with E-state index in [1.165, 1.54) is 107 Å². The van der Waals surface area contributed by atoms with Crippen LogP contribution in [0.3, 0.4) is 0 Å². The summed E-state index contributed by atoms with van der Waals surface area (Å²) in [5.74, 6) is 0.809. The van der Waals surface area contributed by atoms with Crippen molar-refractivity contribution in [2.45, 2.75) is 104 Å². The molecular formula is C21H45BrClN. The molecule has 24 heavy (non-hydrogen) atoms. The highest BCUT2D eigenvalue weighted by Gasteiger charge is 2.19. The van der Waals surface area contributed by atoms with Crippen molar-refractivity contribution in [1.82, 2.24) is 0 Å². The largest absolute Gasteiger partial charge is 1.00 e. The van der Waals surface area contributed by atoms with Gasteiger partial charge in [-0.05, 0) is 25.7 Å². The Labute approximate surface area is 169 Å². The van der Waals surface area contributed by atoms with E-state index in [4.69, 9.17) is 11.6 Å². The quantitative estimate of drug-likeness (QED) is 0.175. The Kier molecular flexibility index (Phi) is 22.5. The molecule has 0 aromatic rings. The van der Waals surface area contributed by atoms with Crippen molar-refractivity contribution in [3.8, 4) is 0 Å². The van der Waals surface area contributed by atoms with Crippen molar-refractivity contribution in [2.75, 3.05) is 32.6 Å². The van der Waals surface area contributed by atoms with E-state index in [0.717, 1.165) is 12.4 Å². The molecule has 0 amide bonds. The monoisotopic (exact) mass is 425 g/mol. The molecule has 0 aromatic carbocycles. The number of alkyl halides is 1. The molecule has 0 heterocycles. The first-order chi connectivity index (χ1) is 11.2. The Morgan fingerprint density at radius 1 is 0.542 bits per heavy atom. The summed E-state index contributed by atoms with van der Waals surface area (Å²) in [6, 6.07) is 0. The zero-order valence-electron chi connectivity index (χ0n) is 16.9. The maximum atomic E-state index is 6.06. The fourth-order valence-electron chi connectivity index (χ4n) is 3.44. The lowest BCUT2D eigenvalue weighted by atomic mass is 10.1. The minimum absolute atomic E-state index is 0. The SMILES string of the molecule is CCCCCCCCC[N+](C)(CCCl)CCCCCCCCC.[Br-]. The van der Waals surface area contributed by atoms with Crippen LogP contribution in [0.5, 0.6) is 0 Å². The zero-order chi connectivity index (χ0) is 17.2. The summed E-state index contributed by atoms with van der Waals surface area (Å²) < 4.78 is 1.20. The fourth-order valence-corrected chi connectivity index (χ4v) is 3.85. The van der Waals surface area contributed by atoms with Gasteiger partial charge >= 0.3 is 0 Å². The average molecular weight is 427 g/mol. The number of hydrogen-bond acceptors (Lipinski definition) is 0. The Bertz CT molecular complexity index is 218. The summed E-state index contributed by atoms with van der Waals surface area (Å²) in [7, 11) is 2.43. The van der Waals surface area contributed by atoms with Gasteiger partial charge in [0.25, 0.3) is 0 Å². The molecule has 1 nitrogen and oxygen atoms in total. The lowest BCUT2D eigenvalue weighted by Crippen LogP contribution is -3.00. The smallest absolute Gasteiger partial charge is 0.0922 e. The maximum Gasteiger partial charge on any atom is 0.0922 e. The van der Waals surface area contributed by atoms with E-state index in [1.807, 2.05) is 0 Å². The van der Waals surface area contributed by atoms with E-state index < -0.39 is 0 Å². The molecule has 148 valence electrons. The van der Waals surface area contributed by atoms with E-state index in [9.17, 15) is 0 Å². The Morgan fingerprint density at radius 3 is 1.21 bits per heavy atom. The summed E-state index contributed by atoms with van der Waals surface area (Å²) in [6.07, 6.45) is 19.7. The summed E-state index contributed by atoms with van der Waals surface area (Å²) in [5.41, 5.74) is 0. The van der Waals surface area contributed by atoms with E-state index in [0.29, 0.717) is 0 Å². The van der Waals surface area contributed by atoms with Gasteiger partial charge in [-0.15, -0.1) is 11.6 Å². The van der Waals surface area contributed by atoms with Crippen LogP contribution in [0.1, 0.15) is 104 Å². The lowest BCUT2D eigenvalue weighted by molar-refractivity contribution is -0.907. The van der Waals surface area contributed by atoms with Gasteiger partial charge in [0, 0.05) is 0 Å². The highest BCUT2D eigenvalue weighted by atomic mass is 79.9. The minimum Gasteiger partial charge on any atom is -1.00 e. The van der Waals surface area contributed by atoms with Crippen LogP contribution < -0.4 is 17.0 Å². The predicted octanol–water partition coefficient (Wildman–Crippen LogP) is 4.18. The molecule has 0 saturated heterocycles. The van der Waals surface area contributed by atoms with Crippen molar-refractivity contribution < 1.29 is 21.5 Å². The van der Waals surface area contributed by atoms with E-state index in [2.05, 4.69) is 20.9 Å². The van der Waals surface area contributed by atoms with Crippen LogP contribution in [-0.4, -0.2) is 37.0 Å². The van der Waals surface area contributed by atoms with Crippen LogP contribution in [0, 0.1) is 0 Å². The van der Waals surface area contributed by atoms with Crippen molar-refractivity contribution >= 4 is 11.6 Å². The fraction of sp³-hybridized carbons (Fsp3) is 1.00. The number of unbranched alkanes of at least 4 members (excludes halogenated alkanes) is 12. The molecule has 0 saturated carbocycles. The van der Waals surface area contributed by atoms with Gasteiger partial charge in [0.1, 0.15) is 0 Å². The zero-order valence-corrected chi connectivity index (χ0v) is 19.3.